The zero-order chi connectivity index (χ0) is 13.4. The summed E-state index contributed by atoms with van der Waals surface area (Å²) in [7, 11) is 0. The lowest BCUT2D eigenvalue weighted by Gasteiger charge is -2.14. The van der Waals surface area contributed by atoms with E-state index in [1.165, 1.54) is 29.7 Å². The van der Waals surface area contributed by atoms with Crippen LogP contribution in [0, 0.1) is 0 Å². The number of hydrogen-bond donors (Lipinski definition) is 1. The standard InChI is InChI=1S/C12H9Cl2NO3/c1-6(12(17)18)15-9-4-3-8(13)11(14)7(9)2-5-10(15)16/h2-6H,1H3,(H,17,18). The van der Waals surface area contributed by atoms with E-state index < -0.39 is 17.6 Å². The van der Waals surface area contributed by atoms with Crippen LogP contribution in [-0.4, -0.2) is 15.6 Å². The highest BCUT2D eigenvalue weighted by Crippen LogP contribution is 2.30. The molecule has 6 heteroatoms. The van der Waals surface area contributed by atoms with Gasteiger partial charge in [-0.25, -0.2) is 4.79 Å². The molecule has 0 aliphatic carbocycles. The van der Waals surface area contributed by atoms with Crippen LogP contribution in [0.5, 0.6) is 0 Å². The molecule has 1 atom stereocenters. The van der Waals surface area contributed by atoms with Gasteiger partial charge in [0.15, 0.2) is 0 Å². The minimum absolute atomic E-state index is 0.306. The molecule has 1 aromatic carbocycles. The summed E-state index contributed by atoms with van der Waals surface area (Å²) in [5.41, 5.74) is 0.0580. The highest BCUT2D eigenvalue weighted by molar-refractivity contribution is 6.45. The Kier molecular flexibility index (Phi) is 3.32. The van der Waals surface area contributed by atoms with Crippen molar-refractivity contribution in [3.05, 3.63) is 44.7 Å². The van der Waals surface area contributed by atoms with Gasteiger partial charge in [0, 0.05) is 11.5 Å². The van der Waals surface area contributed by atoms with Gasteiger partial charge in [-0.3, -0.25) is 9.36 Å². The topological polar surface area (TPSA) is 59.3 Å². The molecule has 0 aliphatic rings. The Labute approximate surface area is 112 Å². The van der Waals surface area contributed by atoms with E-state index in [1.807, 2.05) is 0 Å². The number of carboxylic acids is 1. The first kappa shape index (κ1) is 12.9. The molecule has 2 rings (SSSR count). The Hall–Kier alpha value is -1.52. The lowest BCUT2D eigenvalue weighted by Crippen LogP contribution is -2.27. The summed E-state index contributed by atoms with van der Waals surface area (Å²) in [4.78, 5) is 22.8. The van der Waals surface area contributed by atoms with E-state index in [2.05, 4.69) is 0 Å². The number of carboxylic acid groups (broad SMARTS) is 1. The van der Waals surface area contributed by atoms with Crippen molar-refractivity contribution in [1.29, 1.82) is 0 Å². The number of halogens is 2. The zero-order valence-corrected chi connectivity index (χ0v) is 10.9. The number of pyridine rings is 1. The number of aromatic nitrogens is 1. The Balaban J connectivity index is 2.88. The number of rotatable bonds is 2. The van der Waals surface area contributed by atoms with Crippen LogP contribution in [0.15, 0.2) is 29.1 Å². The average molecular weight is 286 g/mol. The Morgan fingerprint density at radius 3 is 2.56 bits per heavy atom. The molecule has 1 heterocycles. The largest absolute Gasteiger partial charge is 0.480 e. The molecule has 0 bridgehead atoms. The van der Waals surface area contributed by atoms with Crippen LogP contribution in [0.1, 0.15) is 13.0 Å². The van der Waals surface area contributed by atoms with E-state index in [9.17, 15) is 9.59 Å². The van der Waals surface area contributed by atoms with Crippen molar-refractivity contribution in [3.63, 3.8) is 0 Å². The number of aliphatic carboxylic acids is 1. The highest BCUT2D eigenvalue weighted by atomic mass is 35.5. The van der Waals surface area contributed by atoms with Crippen LogP contribution in [0.3, 0.4) is 0 Å². The molecule has 94 valence electrons. The molecule has 2 aromatic rings. The van der Waals surface area contributed by atoms with Gasteiger partial charge < -0.3 is 5.11 Å². The summed E-state index contributed by atoms with van der Waals surface area (Å²) in [5.74, 6) is -1.09. The fourth-order valence-corrected chi connectivity index (χ4v) is 2.18. The van der Waals surface area contributed by atoms with Crippen LogP contribution < -0.4 is 5.56 Å². The third-order valence-corrected chi connectivity index (χ3v) is 3.56. The van der Waals surface area contributed by atoms with Crippen LogP contribution in [0.25, 0.3) is 10.9 Å². The van der Waals surface area contributed by atoms with E-state index in [-0.39, 0.29) is 0 Å². The number of hydrogen-bond acceptors (Lipinski definition) is 2. The fourth-order valence-electron chi connectivity index (χ4n) is 1.79. The monoisotopic (exact) mass is 285 g/mol. The quantitative estimate of drug-likeness (QED) is 0.923. The lowest BCUT2D eigenvalue weighted by atomic mass is 10.2. The van der Waals surface area contributed by atoms with Crippen molar-refractivity contribution < 1.29 is 9.90 Å². The van der Waals surface area contributed by atoms with Gasteiger partial charge in [-0.15, -0.1) is 0 Å². The molecule has 1 unspecified atom stereocenters. The van der Waals surface area contributed by atoms with Crippen molar-refractivity contribution in [2.24, 2.45) is 0 Å². The van der Waals surface area contributed by atoms with Gasteiger partial charge in [-0.1, -0.05) is 23.2 Å². The summed E-state index contributed by atoms with van der Waals surface area (Å²) >= 11 is 11.9. The number of fused-ring (bicyclic) bond motifs is 1. The molecule has 0 aliphatic heterocycles. The smallest absolute Gasteiger partial charge is 0.326 e. The highest BCUT2D eigenvalue weighted by Gasteiger charge is 2.18. The van der Waals surface area contributed by atoms with E-state index in [0.717, 1.165) is 0 Å². The number of nitrogens with zero attached hydrogens (tertiary/aromatic N) is 1. The average Bonchev–Trinajstić information content (AvgIpc) is 2.33. The van der Waals surface area contributed by atoms with E-state index in [0.29, 0.717) is 20.9 Å². The summed E-state index contributed by atoms with van der Waals surface area (Å²) in [5, 5.41) is 10.2. The SMILES string of the molecule is CC(C(=O)O)n1c(=O)ccc2c(Cl)c(Cl)ccc21. The van der Waals surface area contributed by atoms with Gasteiger partial charge in [0.05, 0.1) is 15.6 Å². The Morgan fingerprint density at radius 2 is 1.94 bits per heavy atom. The molecule has 0 spiro atoms. The van der Waals surface area contributed by atoms with E-state index in [4.69, 9.17) is 28.3 Å². The number of carbonyl (C=O) groups is 1. The van der Waals surface area contributed by atoms with Crippen LogP contribution in [0.2, 0.25) is 10.0 Å². The first-order valence-corrected chi connectivity index (χ1v) is 5.91. The van der Waals surface area contributed by atoms with Crippen molar-refractivity contribution in [2.75, 3.05) is 0 Å². The van der Waals surface area contributed by atoms with Gasteiger partial charge in [0.2, 0.25) is 0 Å². The van der Waals surface area contributed by atoms with Crippen molar-refractivity contribution in [2.45, 2.75) is 13.0 Å². The fraction of sp³-hybridized carbons (Fsp3) is 0.167. The second-order valence-corrected chi connectivity index (χ2v) is 4.64. The maximum atomic E-state index is 11.8. The molecule has 4 nitrogen and oxygen atoms in total. The predicted octanol–water partition coefficient (Wildman–Crippen LogP) is 2.95. The van der Waals surface area contributed by atoms with Crippen molar-refractivity contribution in [1.82, 2.24) is 4.57 Å². The second kappa shape index (κ2) is 4.63. The predicted molar refractivity (Wildman–Crippen MR) is 70.6 cm³/mol. The molecule has 0 amide bonds. The lowest BCUT2D eigenvalue weighted by molar-refractivity contribution is -0.140. The van der Waals surface area contributed by atoms with Crippen LogP contribution >= 0.6 is 23.2 Å². The van der Waals surface area contributed by atoms with E-state index >= 15 is 0 Å². The Morgan fingerprint density at radius 1 is 1.28 bits per heavy atom. The van der Waals surface area contributed by atoms with Gasteiger partial charge in [-0.05, 0) is 25.1 Å². The molecule has 0 saturated carbocycles. The Bertz CT molecular complexity index is 694. The normalized spacial score (nSPS) is 12.6. The maximum Gasteiger partial charge on any atom is 0.326 e. The molecule has 1 aromatic heterocycles. The summed E-state index contributed by atoms with van der Waals surface area (Å²) < 4.78 is 1.18. The molecule has 18 heavy (non-hydrogen) atoms. The molecule has 0 radical (unpaired) electrons. The summed E-state index contributed by atoms with van der Waals surface area (Å²) in [6.45, 7) is 1.44. The van der Waals surface area contributed by atoms with Crippen LogP contribution in [-0.2, 0) is 4.79 Å². The molecule has 0 fully saturated rings. The second-order valence-electron chi connectivity index (χ2n) is 3.85. The molecular weight excluding hydrogens is 277 g/mol. The van der Waals surface area contributed by atoms with Gasteiger partial charge in [0.25, 0.3) is 5.56 Å². The minimum Gasteiger partial charge on any atom is -0.480 e. The van der Waals surface area contributed by atoms with Gasteiger partial charge >= 0.3 is 5.97 Å². The molecule has 1 N–H and O–H groups in total. The van der Waals surface area contributed by atoms with Crippen LogP contribution in [0.4, 0.5) is 0 Å². The third-order valence-electron chi connectivity index (χ3n) is 2.74. The van der Waals surface area contributed by atoms with Gasteiger partial charge in [0.1, 0.15) is 6.04 Å². The van der Waals surface area contributed by atoms with Gasteiger partial charge in [-0.2, -0.15) is 0 Å². The zero-order valence-electron chi connectivity index (χ0n) is 9.35. The summed E-state index contributed by atoms with van der Waals surface area (Å²) in [6.07, 6.45) is 0. The maximum absolute atomic E-state index is 11.8. The third kappa shape index (κ3) is 1.98. The van der Waals surface area contributed by atoms with E-state index in [1.54, 1.807) is 6.07 Å². The minimum atomic E-state index is -1.09. The first-order valence-electron chi connectivity index (χ1n) is 5.15. The number of benzene rings is 1. The molecule has 0 saturated heterocycles. The van der Waals surface area contributed by atoms with Crippen molar-refractivity contribution in [3.8, 4) is 0 Å². The summed E-state index contributed by atoms with van der Waals surface area (Å²) in [6, 6.07) is 4.97. The molecular formula is C12H9Cl2NO3. The first-order chi connectivity index (χ1) is 8.43. The van der Waals surface area contributed by atoms with Crippen molar-refractivity contribution >= 4 is 40.1 Å².